The van der Waals surface area contributed by atoms with Crippen molar-refractivity contribution in [2.75, 3.05) is 13.1 Å². The first kappa shape index (κ1) is 22.3. The minimum Gasteiger partial charge on any atom is -0.481 e. The maximum Gasteiger partial charge on any atom is 0.410 e. The van der Waals surface area contributed by atoms with Gasteiger partial charge in [-0.05, 0) is 33.3 Å². The van der Waals surface area contributed by atoms with E-state index in [0.717, 1.165) is 5.56 Å². The highest BCUT2D eigenvalue weighted by molar-refractivity contribution is 5.72. The van der Waals surface area contributed by atoms with Crippen molar-refractivity contribution in [3.63, 3.8) is 0 Å². The lowest BCUT2D eigenvalue weighted by Crippen LogP contribution is -2.46. The van der Waals surface area contributed by atoms with E-state index in [1.165, 1.54) is 4.90 Å². The van der Waals surface area contributed by atoms with Gasteiger partial charge in [0.25, 0.3) is 0 Å². The predicted molar refractivity (Wildman–Crippen MR) is 99.3 cm³/mol. The highest BCUT2D eigenvalue weighted by Gasteiger charge is 2.27. The summed E-state index contributed by atoms with van der Waals surface area (Å²) in [5.41, 5.74) is 0.151. The van der Waals surface area contributed by atoms with Gasteiger partial charge >= 0.3 is 18.2 Å². The van der Waals surface area contributed by atoms with Crippen LogP contribution in [0.25, 0.3) is 0 Å². The number of hydrogen-bond donors (Lipinski definition) is 2. The molecule has 1 unspecified atom stereocenters. The van der Waals surface area contributed by atoms with Crippen molar-refractivity contribution < 1.29 is 29.0 Å². The molecule has 0 aliphatic carbocycles. The first-order valence-corrected chi connectivity index (χ1v) is 8.74. The molecule has 0 saturated heterocycles. The Balaban J connectivity index is 2.53. The molecule has 1 aromatic carbocycles. The smallest absolute Gasteiger partial charge is 0.410 e. The molecule has 0 heterocycles. The average molecular weight is 380 g/mol. The molecule has 0 aliphatic heterocycles. The Kier molecular flexibility index (Phi) is 8.58. The molecule has 27 heavy (non-hydrogen) atoms. The molecular weight excluding hydrogens is 352 g/mol. The summed E-state index contributed by atoms with van der Waals surface area (Å²) in [6, 6.07) is 8.65. The molecule has 2 amide bonds. The van der Waals surface area contributed by atoms with E-state index in [-0.39, 0.29) is 26.1 Å². The van der Waals surface area contributed by atoms with E-state index in [0.29, 0.717) is 0 Å². The molecular formula is C19H28N2O6. The molecule has 0 saturated carbocycles. The molecule has 8 nitrogen and oxygen atoms in total. The summed E-state index contributed by atoms with van der Waals surface area (Å²) in [5, 5.41) is 11.5. The zero-order chi connectivity index (χ0) is 20.4. The van der Waals surface area contributed by atoms with Gasteiger partial charge in [-0.15, -0.1) is 0 Å². The van der Waals surface area contributed by atoms with E-state index in [9.17, 15) is 14.4 Å². The molecule has 8 heteroatoms. The van der Waals surface area contributed by atoms with Crippen LogP contribution in [0.2, 0.25) is 0 Å². The number of carbonyl (C=O) groups excluding carboxylic acids is 2. The third kappa shape index (κ3) is 9.48. The quantitative estimate of drug-likeness (QED) is 0.718. The van der Waals surface area contributed by atoms with Gasteiger partial charge in [-0.1, -0.05) is 30.3 Å². The van der Waals surface area contributed by atoms with Gasteiger partial charge in [-0.2, -0.15) is 0 Å². The molecule has 0 bridgehead atoms. The maximum absolute atomic E-state index is 12.3. The Morgan fingerprint density at radius 1 is 1.19 bits per heavy atom. The number of nitrogens with one attached hydrogen (secondary N) is 1. The number of aliphatic carboxylic acids is 1. The SMILES string of the molecule is CC(CC(=O)O)N(CCNC(=O)OCc1ccccc1)C(=O)OC(C)(C)C. The fraction of sp³-hybridized carbons (Fsp3) is 0.526. The van der Waals surface area contributed by atoms with Crippen molar-refractivity contribution in [1.82, 2.24) is 10.2 Å². The molecule has 0 aromatic heterocycles. The lowest BCUT2D eigenvalue weighted by Gasteiger charge is -2.31. The summed E-state index contributed by atoms with van der Waals surface area (Å²) in [6.07, 6.45) is -1.47. The van der Waals surface area contributed by atoms with Gasteiger partial charge in [0.15, 0.2) is 0 Å². The monoisotopic (exact) mass is 380 g/mol. The molecule has 1 atom stereocenters. The van der Waals surface area contributed by atoms with E-state index < -0.39 is 29.8 Å². The minimum absolute atomic E-state index is 0.101. The average Bonchev–Trinajstić information content (AvgIpc) is 2.55. The third-order valence-electron chi connectivity index (χ3n) is 3.46. The van der Waals surface area contributed by atoms with Crippen LogP contribution >= 0.6 is 0 Å². The second-order valence-electron chi connectivity index (χ2n) is 7.11. The number of carboxylic acids is 1. The van der Waals surface area contributed by atoms with Crippen molar-refractivity contribution in [2.45, 2.75) is 52.4 Å². The van der Waals surface area contributed by atoms with Crippen LogP contribution in [-0.2, 0) is 20.9 Å². The van der Waals surface area contributed by atoms with E-state index >= 15 is 0 Å². The number of ether oxygens (including phenoxy) is 2. The summed E-state index contributed by atoms with van der Waals surface area (Å²) in [4.78, 5) is 36.4. The molecule has 0 aliphatic rings. The zero-order valence-corrected chi connectivity index (χ0v) is 16.2. The standard InChI is InChI=1S/C19H28N2O6/c1-14(12-16(22)23)21(18(25)27-19(2,3)4)11-10-20-17(24)26-13-15-8-6-5-7-9-15/h5-9,14H,10-13H2,1-4H3,(H,20,24)(H,22,23). The number of amides is 2. The molecule has 1 rings (SSSR count). The van der Waals surface area contributed by atoms with Gasteiger partial charge in [-0.25, -0.2) is 9.59 Å². The van der Waals surface area contributed by atoms with Crippen LogP contribution < -0.4 is 5.32 Å². The van der Waals surface area contributed by atoms with Crippen LogP contribution in [0.15, 0.2) is 30.3 Å². The minimum atomic E-state index is -1.02. The number of carboxylic acid groups (broad SMARTS) is 1. The molecule has 0 radical (unpaired) electrons. The molecule has 2 N–H and O–H groups in total. The van der Waals surface area contributed by atoms with Crippen LogP contribution in [0.1, 0.15) is 39.7 Å². The Morgan fingerprint density at radius 2 is 1.81 bits per heavy atom. The van der Waals surface area contributed by atoms with Crippen LogP contribution in [0.4, 0.5) is 9.59 Å². The number of carbonyl (C=O) groups is 3. The fourth-order valence-corrected chi connectivity index (χ4v) is 2.23. The third-order valence-corrected chi connectivity index (χ3v) is 3.46. The van der Waals surface area contributed by atoms with Gasteiger partial charge < -0.3 is 24.8 Å². The Hall–Kier alpha value is -2.77. The van der Waals surface area contributed by atoms with Gasteiger partial charge in [0.1, 0.15) is 12.2 Å². The lowest BCUT2D eigenvalue weighted by atomic mass is 10.2. The van der Waals surface area contributed by atoms with Gasteiger partial charge in [0.2, 0.25) is 0 Å². The zero-order valence-electron chi connectivity index (χ0n) is 16.2. The summed E-state index contributed by atoms with van der Waals surface area (Å²) in [5.74, 6) is -1.02. The fourth-order valence-electron chi connectivity index (χ4n) is 2.23. The van der Waals surface area contributed by atoms with Crippen molar-refractivity contribution in [2.24, 2.45) is 0 Å². The second kappa shape index (κ2) is 10.4. The Morgan fingerprint density at radius 3 is 2.37 bits per heavy atom. The highest BCUT2D eigenvalue weighted by atomic mass is 16.6. The molecule has 1 aromatic rings. The Labute approximate surface area is 159 Å². The highest BCUT2D eigenvalue weighted by Crippen LogP contribution is 2.13. The lowest BCUT2D eigenvalue weighted by molar-refractivity contribution is -0.138. The Bertz CT molecular complexity index is 627. The van der Waals surface area contributed by atoms with Crippen LogP contribution in [0.5, 0.6) is 0 Å². The first-order chi connectivity index (χ1) is 12.6. The van der Waals surface area contributed by atoms with Crippen molar-refractivity contribution in [1.29, 1.82) is 0 Å². The summed E-state index contributed by atoms with van der Waals surface area (Å²) in [6.45, 7) is 7.14. The summed E-state index contributed by atoms with van der Waals surface area (Å²) >= 11 is 0. The first-order valence-electron chi connectivity index (χ1n) is 8.74. The molecule has 0 spiro atoms. The normalized spacial score (nSPS) is 12.0. The number of nitrogens with zero attached hydrogens (tertiary/aromatic N) is 1. The second-order valence-corrected chi connectivity index (χ2v) is 7.11. The predicted octanol–water partition coefficient (Wildman–Crippen LogP) is 3.01. The number of rotatable bonds is 8. The van der Waals surface area contributed by atoms with E-state index in [4.69, 9.17) is 14.6 Å². The van der Waals surface area contributed by atoms with Crippen molar-refractivity contribution in [3.8, 4) is 0 Å². The van der Waals surface area contributed by atoms with Crippen LogP contribution in [-0.4, -0.2) is 52.9 Å². The number of hydrogen-bond acceptors (Lipinski definition) is 5. The number of alkyl carbamates (subject to hydrolysis) is 1. The van der Waals surface area contributed by atoms with Gasteiger partial charge in [-0.3, -0.25) is 4.79 Å². The van der Waals surface area contributed by atoms with Crippen molar-refractivity contribution in [3.05, 3.63) is 35.9 Å². The van der Waals surface area contributed by atoms with E-state index in [1.807, 2.05) is 30.3 Å². The van der Waals surface area contributed by atoms with E-state index in [2.05, 4.69) is 5.32 Å². The van der Waals surface area contributed by atoms with Crippen LogP contribution in [0, 0.1) is 0 Å². The number of benzene rings is 1. The van der Waals surface area contributed by atoms with Gasteiger partial charge in [0, 0.05) is 19.1 Å². The van der Waals surface area contributed by atoms with E-state index in [1.54, 1.807) is 27.7 Å². The maximum atomic E-state index is 12.3. The summed E-state index contributed by atoms with van der Waals surface area (Å²) < 4.78 is 10.4. The van der Waals surface area contributed by atoms with Gasteiger partial charge in [0.05, 0.1) is 6.42 Å². The van der Waals surface area contributed by atoms with Crippen LogP contribution in [0.3, 0.4) is 0 Å². The van der Waals surface area contributed by atoms with Crippen molar-refractivity contribution >= 4 is 18.2 Å². The largest absolute Gasteiger partial charge is 0.481 e. The molecule has 150 valence electrons. The molecule has 0 fully saturated rings. The topological polar surface area (TPSA) is 105 Å². The summed E-state index contributed by atoms with van der Waals surface area (Å²) in [7, 11) is 0.